The van der Waals surface area contributed by atoms with Crippen molar-refractivity contribution in [3.05, 3.63) is 0 Å². The lowest BCUT2D eigenvalue weighted by Gasteiger charge is -2.47. The van der Waals surface area contributed by atoms with E-state index in [0.717, 1.165) is 41.5 Å². The summed E-state index contributed by atoms with van der Waals surface area (Å²) in [7, 11) is 0. The Morgan fingerprint density at radius 3 is 1.58 bits per heavy atom. The average molecular weight is 619 g/mol. The zero-order chi connectivity index (χ0) is 32.0. The molecule has 3 heterocycles. The first-order valence-corrected chi connectivity index (χ1v) is 13.3. The van der Waals surface area contributed by atoms with Crippen molar-refractivity contribution in [2.75, 3.05) is 13.2 Å². The van der Waals surface area contributed by atoms with Gasteiger partial charge in [0.2, 0.25) is 0 Å². The lowest BCUT2D eigenvalue weighted by Crippen LogP contribution is -2.66. The maximum atomic E-state index is 12.2. The first kappa shape index (κ1) is 33.7. The minimum atomic E-state index is -1.69. The molecule has 0 aromatic heterocycles. The average Bonchev–Trinajstić information content (AvgIpc) is 3.25. The molecule has 3 fully saturated rings. The Hall–Kier alpha value is -3.83. The van der Waals surface area contributed by atoms with E-state index in [-0.39, 0.29) is 6.42 Å². The van der Waals surface area contributed by atoms with Gasteiger partial charge in [0.25, 0.3) is 0 Å². The van der Waals surface area contributed by atoms with Crippen LogP contribution in [0.4, 0.5) is 0 Å². The zero-order valence-electron chi connectivity index (χ0n) is 24.3. The number of fused-ring (bicyclic) bond motifs is 1. The van der Waals surface area contributed by atoms with E-state index >= 15 is 0 Å². The number of hydrogen-bond donors (Lipinski definition) is 0. The molecule has 3 saturated heterocycles. The van der Waals surface area contributed by atoms with Crippen LogP contribution in [0.25, 0.3) is 0 Å². The van der Waals surface area contributed by atoms with Crippen LogP contribution in [0.2, 0.25) is 0 Å². The molecule has 0 bridgehead atoms. The maximum absolute atomic E-state index is 12.2. The SMILES string of the molecule is CC(=O)OC[C@H]1O[C@@H](O[C@H]2[C@H](OC(C)=O)C3OC(=O)CC3O[C@@H]2COC(C)=O)[C@H](OC(C)=O)[C@@H](OC(C)=O)[C@H]1OC(C)=O. The summed E-state index contributed by atoms with van der Waals surface area (Å²) in [5.74, 6) is -5.40. The van der Waals surface area contributed by atoms with Crippen molar-refractivity contribution in [2.24, 2.45) is 0 Å². The number of carbonyl (C=O) groups is 7. The third kappa shape index (κ3) is 9.08. The molecule has 0 saturated carbocycles. The fourth-order valence-corrected chi connectivity index (χ4v) is 4.94. The largest absolute Gasteiger partial charge is 0.463 e. The van der Waals surface area contributed by atoms with E-state index in [2.05, 4.69) is 0 Å². The summed E-state index contributed by atoms with van der Waals surface area (Å²) in [6, 6.07) is 0. The van der Waals surface area contributed by atoms with Crippen molar-refractivity contribution in [3.8, 4) is 0 Å². The van der Waals surface area contributed by atoms with Crippen LogP contribution in [0.5, 0.6) is 0 Å². The van der Waals surface area contributed by atoms with Gasteiger partial charge in [0.15, 0.2) is 36.8 Å². The molecular formula is C26H34O17. The predicted octanol–water partition coefficient (Wildman–Crippen LogP) is -0.968. The quantitative estimate of drug-likeness (QED) is 0.213. The van der Waals surface area contributed by atoms with Gasteiger partial charge in [-0.25, -0.2) is 0 Å². The molecule has 2 unspecified atom stereocenters. The Bertz CT molecular complexity index is 1100. The van der Waals surface area contributed by atoms with Crippen LogP contribution in [-0.2, 0) is 80.9 Å². The minimum absolute atomic E-state index is 0.190. The monoisotopic (exact) mass is 618 g/mol. The smallest absolute Gasteiger partial charge is 0.309 e. The van der Waals surface area contributed by atoms with Gasteiger partial charge in [-0.3, -0.25) is 33.6 Å². The fourth-order valence-electron chi connectivity index (χ4n) is 4.94. The Kier molecular flexibility index (Phi) is 11.4. The van der Waals surface area contributed by atoms with Gasteiger partial charge in [-0.15, -0.1) is 0 Å². The van der Waals surface area contributed by atoms with E-state index in [1.165, 1.54) is 0 Å². The fraction of sp³-hybridized carbons (Fsp3) is 0.731. The van der Waals surface area contributed by atoms with Gasteiger partial charge >= 0.3 is 41.8 Å². The van der Waals surface area contributed by atoms with E-state index in [1.807, 2.05) is 0 Å². The van der Waals surface area contributed by atoms with E-state index in [9.17, 15) is 33.6 Å². The summed E-state index contributed by atoms with van der Waals surface area (Å²) in [6.45, 7) is 5.58. The summed E-state index contributed by atoms with van der Waals surface area (Å²) in [4.78, 5) is 83.8. The molecule has 10 atom stereocenters. The second-order valence-corrected chi connectivity index (χ2v) is 9.92. The molecular weight excluding hydrogens is 584 g/mol. The van der Waals surface area contributed by atoms with Crippen molar-refractivity contribution in [3.63, 3.8) is 0 Å². The lowest BCUT2D eigenvalue weighted by molar-refractivity contribution is -0.342. The van der Waals surface area contributed by atoms with Crippen molar-refractivity contribution >= 4 is 41.8 Å². The highest BCUT2D eigenvalue weighted by molar-refractivity contribution is 5.73. The topological polar surface area (TPSA) is 212 Å². The summed E-state index contributed by atoms with van der Waals surface area (Å²) in [5, 5.41) is 0. The Morgan fingerprint density at radius 1 is 0.605 bits per heavy atom. The van der Waals surface area contributed by atoms with Gasteiger partial charge in [-0.1, -0.05) is 0 Å². The molecule has 0 amide bonds. The minimum Gasteiger partial charge on any atom is -0.463 e. The molecule has 0 aromatic carbocycles. The second-order valence-electron chi connectivity index (χ2n) is 9.92. The van der Waals surface area contributed by atoms with Crippen LogP contribution in [-0.4, -0.2) is 116 Å². The van der Waals surface area contributed by atoms with Gasteiger partial charge in [0.05, 0.1) is 6.42 Å². The van der Waals surface area contributed by atoms with Crippen LogP contribution in [0.3, 0.4) is 0 Å². The number of carbonyl (C=O) groups excluding carboxylic acids is 7. The van der Waals surface area contributed by atoms with Gasteiger partial charge < -0.3 is 47.4 Å². The highest BCUT2D eigenvalue weighted by Gasteiger charge is 2.58. The number of rotatable bonds is 10. The van der Waals surface area contributed by atoms with Crippen molar-refractivity contribution in [1.82, 2.24) is 0 Å². The molecule has 3 aliphatic heterocycles. The standard InChI is InChI=1S/C26H34O17/c1-10(27)34-8-17-22(23(37-13(4)30)20-16(40-17)7-19(33)42-20)43-26-25(39-15(6)32)24(38-14(5)31)21(36-12(3)29)18(41-26)9-35-11(2)28/h16-18,20-26H,7-9H2,1-6H3/t16?,17-,18-,20?,21+,22-,23-,24+,25-,26+/m1/s1. The summed E-state index contributed by atoms with van der Waals surface area (Å²) in [5.41, 5.74) is 0. The number of esters is 7. The molecule has 0 N–H and O–H groups in total. The Morgan fingerprint density at radius 2 is 1.07 bits per heavy atom. The summed E-state index contributed by atoms with van der Waals surface area (Å²) in [6.07, 6.45) is -13.8. The summed E-state index contributed by atoms with van der Waals surface area (Å²) >= 11 is 0. The third-order valence-corrected chi connectivity index (χ3v) is 6.36. The van der Waals surface area contributed by atoms with E-state index < -0.39 is 116 Å². The molecule has 3 rings (SSSR count). The molecule has 240 valence electrons. The second kappa shape index (κ2) is 14.6. The number of hydrogen-bond acceptors (Lipinski definition) is 17. The van der Waals surface area contributed by atoms with Gasteiger partial charge in [0.1, 0.15) is 37.6 Å². The van der Waals surface area contributed by atoms with Gasteiger partial charge in [0, 0.05) is 41.5 Å². The van der Waals surface area contributed by atoms with Crippen LogP contribution < -0.4 is 0 Å². The van der Waals surface area contributed by atoms with Crippen molar-refractivity contribution in [2.45, 2.75) is 109 Å². The van der Waals surface area contributed by atoms with Gasteiger partial charge in [-0.05, 0) is 0 Å². The van der Waals surface area contributed by atoms with Gasteiger partial charge in [-0.2, -0.15) is 0 Å². The van der Waals surface area contributed by atoms with Crippen molar-refractivity contribution < 1.29 is 80.9 Å². The molecule has 0 aliphatic carbocycles. The Labute approximate surface area is 245 Å². The highest BCUT2D eigenvalue weighted by atomic mass is 16.8. The molecule has 43 heavy (non-hydrogen) atoms. The molecule has 3 aliphatic rings. The lowest BCUT2D eigenvalue weighted by atomic mass is 9.93. The molecule has 0 radical (unpaired) electrons. The maximum Gasteiger partial charge on any atom is 0.309 e. The van der Waals surface area contributed by atoms with Crippen molar-refractivity contribution in [1.29, 1.82) is 0 Å². The molecule has 17 nitrogen and oxygen atoms in total. The normalized spacial score (nSPS) is 33.2. The highest BCUT2D eigenvalue weighted by Crippen LogP contribution is 2.37. The summed E-state index contributed by atoms with van der Waals surface area (Å²) < 4.78 is 55.3. The van der Waals surface area contributed by atoms with E-state index in [4.69, 9.17) is 47.4 Å². The molecule has 0 spiro atoms. The first-order valence-electron chi connectivity index (χ1n) is 13.3. The predicted molar refractivity (Wildman–Crippen MR) is 132 cm³/mol. The molecule has 17 heteroatoms. The van der Waals surface area contributed by atoms with Crippen LogP contribution >= 0.6 is 0 Å². The first-order chi connectivity index (χ1) is 20.2. The molecule has 0 aromatic rings. The van der Waals surface area contributed by atoms with Crippen LogP contribution in [0.15, 0.2) is 0 Å². The van der Waals surface area contributed by atoms with E-state index in [1.54, 1.807) is 0 Å². The van der Waals surface area contributed by atoms with Crippen LogP contribution in [0, 0.1) is 0 Å². The Balaban J connectivity index is 2.07. The van der Waals surface area contributed by atoms with Crippen LogP contribution in [0.1, 0.15) is 48.0 Å². The zero-order valence-corrected chi connectivity index (χ0v) is 24.3. The van der Waals surface area contributed by atoms with E-state index in [0.29, 0.717) is 0 Å². The number of ether oxygens (including phenoxy) is 10. The third-order valence-electron chi connectivity index (χ3n) is 6.36.